The highest BCUT2D eigenvalue weighted by molar-refractivity contribution is 5.95. The average molecular weight is 573 g/mol. The lowest BCUT2D eigenvalue weighted by atomic mass is 10.0. The zero-order chi connectivity index (χ0) is 29.7. The van der Waals surface area contributed by atoms with Crippen LogP contribution in [-0.2, 0) is 32.0 Å². The van der Waals surface area contributed by atoms with Crippen molar-refractivity contribution in [3.05, 3.63) is 95.7 Å². The molecule has 3 aromatic rings. The third-order valence-electron chi connectivity index (χ3n) is 7.28. The lowest BCUT2D eigenvalue weighted by Gasteiger charge is -2.33. The molecule has 222 valence electrons. The molecule has 0 spiro atoms. The van der Waals surface area contributed by atoms with Gasteiger partial charge in [-0.25, -0.2) is 4.98 Å². The molecule has 1 atom stereocenters. The van der Waals surface area contributed by atoms with Crippen LogP contribution in [0.5, 0.6) is 5.88 Å². The van der Waals surface area contributed by atoms with E-state index in [0.29, 0.717) is 38.7 Å². The van der Waals surface area contributed by atoms with Crippen LogP contribution in [0.4, 0.5) is 5.69 Å². The minimum atomic E-state index is -0.723. The van der Waals surface area contributed by atoms with E-state index in [4.69, 9.17) is 14.2 Å². The molecule has 4 rings (SSSR count). The molecule has 0 radical (unpaired) electrons. The van der Waals surface area contributed by atoms with Crippen molar-refractivity contribution in [2.24, 2.45) is 0 Å². The standard InChI is InChI=1S/C33H40N4O5/c1-35(17-20-40-2)33(39)30(23-26-7-5-4-6-8-26)37(32(38)16-12-27-11-15-31(41-3)34-24-27)25-28-9-13-29(14-10-28)36-18-21-42-22-19-36/h4-16,24,30H,17-23,25H2,1-3H3. The third-order valence-corrected chi connectivity index (χ3v) is 7.28. The van der Waals surface area contributed by atoms with Crippen molar-refractivity contribution in [1.82, 2.24) is 14.8 Å². The number of methoxy groups -OCH3 is 2. The van der Waals surface area contributed by atoms with Crippen molar-refractivity contribution in [2.75, 3.05) is 65.6 Å². The van der Waals surface area contributed by atoms with Gasteiger partial charge in [0.15, 0.2) is 0 Å². The van der Waals surface area contributed by atoms with Crippen LogP contribution < -0.4 is 9.64 Å². The number of hydrogen-bond acceptors (Lipinski definition) is 7. The van der Waals surface area contributed by atoms with E-state index in [9.17, 15) is 9.59 Å². The van der Waals surface area contributed by atoms with Crippen molar-refractivity contribution >= 4 is 23.6 Å². The summed E-state index contributed by atoms with van der Waals surface area (Å²) in [6, 6.07) is 20.8. The molecule has 1 saturated heterocycles. The summed E-state index contributed by atoms with van der Waals surface area (Å²) in [5, 5.41) is 0. The van der Waals surface area contributed by atoms with Gasteiger partial charge in [0.2, 0.25) is 17.7 Å². The Hall–Kier alpha value is -4.21. The lowest BCUT2D eigenvalue weighted by molar-refractivity contribution is -0.143. The highest BCUT2D eigenvalue weighted by Crippen LogP contribution is 2.21. The molecule has 42 heavy (non-hydrogen) atoms. The average Bonchev–Trinajstić information content (AvgIpc) is 3.05. The molecule has 9 heteroatoms. The number of likely N-dealkylation sites (N-methyl/N-ethyl adjacent to an activating group) is 1. The van der Waals surface area contributed by atoms with Gasteiger partial charge in [-0.05, 0) is 41.0 Å². The lowest BCUT2D eigenvalue weighted by Crippen LogP contribution is -2.51. The molecule has 0 aliphatic carbocycles. The largest absolute Gasteiger partial charge is 0.481 e. The molecule has 2 heterocycles. The summed E-state index contributed by atoms with van der Waals surface area (Å²) in [4.78, 5) is 37.6. The molecule has 1 fully saturated rings. The molecule has 1 unspecified atom stereocenters. The van der Waals surface area contributed by atoms with Crippen LogP contribution in [0, 0.1) is 0 Å². The van der Waals surface area contributed by atoms with Gasteiger partial charge in [-0.15, -0.1) is 0 Å². The number of nitrogens with zero attached hydrogens (tertiary/aromatic N) is 4. The van der Waals surface area contributed by atoms with E-state index < -0.39 is 6.04 Å². The Kier molecular flexibility index (Phi) is 11.5. The number of amides is 2. The Morgan fingerprint density at radius 3 is 2.38 bits per heavy atom. The minimum Gasteiger partial charge on any atom is -0.481 e. The second kappa shape index (κ2) is 15.7. The Bertz CT molecular complexity index is 1290. The van der Waals surface area contributed by atoms with Crippen molar-refractivity contribution in [3.63, 3.8) is 0 Å². The van der Waals surface area contributed by atoms with Crippen molar-refractivity contribution in [3.8, 4) is 5.88 Å². The van der Waals surface area contributed by atoms with Gasteiger partial charge < -0.3 is 28.9 Å². The maximum absolute atomic E-state index is 13.9. The van der Waals surface area contributed by atoms with Gasteiger partial charge in [-0.1, -0.05) is 42.5 Å². The van der Waals surface area contributed by atoms with Crippen LogP contribution in [0.1, 0.15) is 16.7 Å². The van der Waals surface area contributed by atoms with E-state index in [0.717, 1.165) is 35.5 Å². The van der Waals surface area contributed by atoms with Crippen LogP contribution in [0.15, 0.2) is 79.0 Å². The number of benzene rings is 2. The third kappa shape index (κ3) is 8.64. The van der Waals surface area contributed by atoms with Gasteiger partial charge in [0.25, 0.3) is 0 Å². The highest BCUT2D eigenvalue weighted by atomic mass is 16.5. The highest BCUT2D eigenvalue weighted by Gasteiger charge is 2.31. The first kappa shape index (κ1) is 30.7. The maximum Gasteiger partial charge on any atom is 0.247 e. The zero-order valence-corrected chi connectivity index (χ0v) is 24.6. The monoisotopic (exact) mass is 572 g/mol. The van der Waals surface area contributed by atoms with E-state index in [-0.39, 0.29) is 18.4 Å². The van der Waals surface area contributed by atoms with E-state index in [2.05, 4.69) is 22.0 Å². The molecule has 1 aromatic heterocycles. The topological polar surface area (TPSA) is 84.4 Å². The molecule has 9 nitrogen and oxygen atoms in total. The first-order chi connectivity index (χ1) is 20.5. The van der Waals surface area contributed by atoms with Gasteiger partial charge >= 0.3 is 0 Å². The molecular formula is C33H40N4O5. The van der Waals surface area contributed by atoms with Crippen LogP contribution in [0.25, 0.3) is 6.08 Å². The van der Waals surface area contributed by atoms with Crippen LogP contribution in [0.2, 0.25) is 0 Å². The smallest absolute Gasteiger partial charge is 0.247 e. The number of morpholine rings is 1. The maximum atomic E-state index is 13.9. The Morgan fingerprint density at radius 1 is 1.00 bits per heavy atom. The number of rotatable bonds is 13. The fraction of sp³-hybridized carbons (Fsp3) is 0.364. The van der Waals surface area contributed by atoms with Gasteiger partial charge in [0.1, 0.15) is 6.04 Å². The summed E-state index contributed by atoms with van der Waals surface area (Å²) in [5.41, 5.74) is 3.77. The van der Waals surface area contributed by atoms with Gasteiger partial charge in [0.05, 0.1) is 26.9 Å². The van der Waals surface area contributed by atoms with Crippen LogP contribution in [0.3, 0.4) is 0 Å². The quantitative estimate of drug-likeness (QED) is 0.289. The Balaban J connectivity index is 1.64. The van der Waals surface area contributed by atoms with Crippen LogP contribution >= 0.6 is 0 Å². The number of pyridine rings is 1. The van der Waals surface area contributed by atoms with Gasteiger partial charge in [-0.3, -0.25) is 9.59 Å². The first-order valence-corrected chi connectivity index (χ1v) is 14.2. The summed E-state index contributed by atoms with van der Waals surface area (Å²) in [5.74, 6) is 0.0828. The number of anilines is 1. The van der Waals surface area contributed by atoms with E-state index in [1.165, 1.54) is 6.08 Å². The summed E-state index contributed by atoms with van der Waals surface area (Å²) in [6.45, 7) is 4.20. The number of carbonyl (C=O) groups excluding carboxylic acids is 2. The molecule has 0 N–H and O–H groups in total. The predicted molar refractivity (Wildman–Crippen MR) is 163 cm³/mol. The number of ether oxygens (including phenoxy) is 3. The van der Waals surface area contributed by atoms with Crippen molar-refractivity contribution in [1.29, 1.82) is 0 Å². The molecule has 1 aliphatic rings. The Morgan fingerprint density at radius 2 is 1.74 bits per heavy atom. The summed E-state index contributed by atoms with van der Waals surface area (Å²) < 4.78 is 15.8. The second-order valence-electron chi connectivity index (χ2n) is 10.2. The molecule has 2 amide bonds. The van der Waals surface area contributed by atoms with Gasteiger partial charge in [-0.2, -0.15) is 0 Å². The molecule has 0 saturated carbocycles. The van der Waals surface area contributed by atoms with E-state index in [1.807, 2.05) is 48.5 Å². The molecule has 2 aromatic carbocycles. The van der Waals surface area contributed by atoms with Gasteiger partial charge in [0, 0.05) is 70.8 Å². The minimum absolute atomic E-state index is 0.145. The van der Waals surface area contributed by atoms with Crippen molar-refractivity contribution < 1.29 is 23.8 Å². The normalized spacial score (nSPS) is 14.0. The molecule has 0 bridgehead atoms. The van der Waals surface area contributed by atoms with Crippen LogP contribution in [-0.4, -0.2) is 93.4 Å². The van der Waals surface area contributed by atoms with Crippen molar-refractivity contribution in [2.45, 2.75) is 19.0 Å². The molecular weight excluding hydrogens is 532 g/mol. The number of aromatic nitrogens is 1. The fourth-order valence-electron chi connectivity index (χ4n) is 4.81. The number of hydrogen-bond donors (Lipinski definition) is 0. The number of carbonyl (C=O) groups is 2. The molecule has 1 aliphatic heterocycles. The first-order valence-electron chi connectivity index (χ1n) is 14.2. The summed E-state index contributed by atoms with van der Waals surface area (Å²) >= 11 is 0. The van der Waals surface area contributed by atoms with E-state index >= 15 is 0 Å². The predicted octanol–water partition coefficient (Wildman–Crippen LogP) is 3.68. The second-order valence-corrected chi connectivity index (χ2v) is 10.2. The van der Waals surface area contributed by atoms with E-state index in [1.54, 1.807) is 49.4 Å². The SMILES string of the molecule is COCCN(C)C(=O)C(Cc1ccccc1)N(Cc1ccc(N2CCOCC2)cc1)C(=O)C=Cc1ccc(OC)nc1. The summed E-state index contributed by atoms with van der Waals surface area (Å²) in [6.07, 6.45) is 5.24. The summed E-state index contributed by atoms with van der Waals surface area (Å²) in [7, 11) is 4.91. The zero-order valence-electron chi connectivity index (χ0n) is 24.6. The Labute approximate surface area is 248 Å². The fourth-order valence-corrected chi connectivity index (χ4v) is 4.81.